The minimum atomic E-state index is 0.280. The second-order valence-corrected chi connectivity index (χ2v) is 6.23. The van der Waals surface area contributed by atoms with Crippen LogP contribution in [0.5, 0.6) is 0 Å². The van der Waals surface area contributed by atoms with Gasteiger partial charge in [0.05, 0.1) is 0 Å². The van der Waals surface area contributed by atoms with Crippen molar-refractivity contribution in [1.29, 1.82) is 0 Å². The Balaban J connectivity index is 2.23. The van der Waals surface area contributed by atoms with E-state index in [0.717, 1.165) is 19.6 Å². The Bertz CT molecular complexity index is 259. The van der Waals surface area contributed by atoms with E-state index < -0.39 is 0 Å². The van der Waals surface area contributed by atoms with Crippen molar-refractivity contribution in [3.05, 3.63) is 0 Å². The van der Waals surface area contributed by atoms with Crippen molar-refractivity contribution in [3.63, 3.8) is 0 Å². The highest BCUT2D eigenvalue weighted by molar-refractivity contribution is 5.76. The summed E-state index contributed by atoms with van der Waals surface area (Å²) in [5.41, 5.74) is 0.471. The summed E-state index contributed by atoms with van der Waals surface area (Å²) in [4.78, 5) is 13.8. The monoisotopic (exact) mass is 254 g/mol. The van der Waals surface area contributed by atoms with Crippen molar-refractivity contribution < 1.29 is 4.79 Å². The number of amides is 1. The number of rotatable bonds is 6. The Morgan fingerprint density at radius 1 is 1.33 bits per heavy atom. The normalized spacial score (nSPS) is 22.8. The van der Waals surface area contributed by atoms with Crippen molar-refractivity contribution in [3.8, 4) is 0 Å². The van der Waals surface area contributed by atoms with Gasteiger partial charge in [0.1, 0.15) is 0 Å². The fourth-order valence-electron chi connectivity index (χ4n) is 2.99. The molecule has 0 aromatic rings. The maximum Gasteiger partial charge on any atom is 0.223 e. The lowest BCUT2D eigenvalue weighted by Crippen LogP contribution is -2.39. The summed E-state index contributed by atoms with van der Waals surface area (Å²) < 4.78 is 0. The third-order valence-electron chi connectivity index (χ3n) is 4.09. The molecule has 0 spiro atoms. The molecular weight excluding hydrogens is 224 g/mol. The van der Waals surface area contributed by atoms with E-state index >= 15 is 0 Å². The van der Waals surface area contributed by atoms with Crippen LogP contribution in [0, 0.1) is 5.41 Å². The maximum atomic E-state index is 11.9. The fourth-order valence-corrected chi connectivity index (χ4v) is 2.99. The van der Waals surface area contributed by atoms with Crippen LogP contribution in [-0.2, 0) is 4.79 Å². The Hall–Kier alpha value is -0.570. The average molecular weight is 254 g/mol. The molecule has 1 rings (SSSR count). The molecule has 0 saturated heterocycles. The minimum Gasteiger partial charge on any atom is -0.343 e. The van der Waals surface area contributed by atoms with Crippen molar-refractivity contribution >= 4 is 5.91 Å². The van der Waals surface area contributed by atoms with Crippen LogP contribution in [0.15, 0.2) is 0 Å². The quantitative estimate of drug-likeness (QED) is 0.790. The Labute approximate surface area is 112 Å². The molecular formula is C15H30N2O. The minimum absolute atomic E-state index is 0.280. The lowest BCUT2D eigenvalue weighted by molar-refractivity contribution is -0.130. The molecule has 0 heterocycles. The highest BCUT2D eigenvalue weighted by Gasteiger charge is 2.27. The zero-order valence-corrected chi connectivity index (χ0v) is 12.6. The van der Waals surface area contributed by atoms with E-state index in [1.165, 1.54) is 25.7 Å². The van der Waals surface area contributed by atoms with Crippen molar-refractivity contribution in [2.24, 2.45) is 5.41 Å². The van der Waals surface area contributed by atoms with Gasteiger partial charge in [-0.15, -0.1) is 0 Å². The van der Waals surface area contributed by atoms with E-state index in [0.29, 0.717) is 17.9 Å². The lowest BCUT2D eigenvalue weighted by Gasteiger charge is -2.35. The van der Waals surface area contributed by atoms with Crippen molar-refractivity contribution in [2.75, 3.05) is 19.6 Å². The number of hydrogen-bond donors (Lipinski definition) is 1. The third-order valence-corrected chi connectivity index (χ3v) is 4.09. The predicted molar refractivity (Wildman–Crippen MR) is 76.6 cm³/mol. The first-order valence-corrected chi connectivity index (χ1v) is 7.49. The summed E-state index contributed by atoms with van der Waals surface area (Å²) in [6.07, 6.45) is 5.80. The van der Waals surface area contributed by atoms with Crippen LogP contribution >= 0.6 is 0 Å². The van der Waals surface area contributed by atoms with E-state index in [4.69, 9.17) is 0 Å². The largest absolute Gasteiger partial charge is 0.343 e. The molecule has 1 unspecified atom stereocenters. The molecule has 1 aliphatic carbocycles. The summed E-state index contributed by atoms with van der Waals surface area (Å²) in [5.74, 6) is 0.280. The van der Waals surface area contributed by atoms with Crippen LogP contribution < -0.4 is 5.32 Å². The third kappa shape index (κ3) is 4.97. The van der Waals surface area contributed by atoms with Crippen LogP contribution in [-0.4, -0.2) is 36.5 Å². The smallest absolute Gasteiger partial charge is 0.223 e. The van der Waals surface area contributed by atoms with Crippen LogP contribution in [0.1, 0.15) is 59.8 Å². The van der Waals surface area contributed by atoms with E-state index in [1.54, 1.807) is 0 Å². The second-order valence-electron chi connectivity index (χ2n) is 6.23. The number of carbonyl (C=O) groups is 1. The summed E-state index contributed by atoms with van der Waals surface area (Å²) in [7, 11) is 0. The van der Waals surface area contributed by atoms with Gasteiger partial charge in [-0.1, -0.05) is 20.3 Å². The molecule has 1 saturated carbocycles. The molecule has 1 N–H and O–H groups in total. The molecule has 1 aliphatic rings. The average Bonchev–Trinajstić information content (AvgIpc) is 2.29. The first-order valence-electron chi connectivity index (χ1n) is 7.49. The molecule has 0 aliphatic heterocycles. The van der Waals surface area contributed by atoms with Crippen LogP contribution in [0.25, 0.3) is 0 Å². The molecule has 1 fully saturated rings. The number of nitrogens with one attached hydrogen (secondary N) is 1. The fraction of sp³-hybridized carbons (Fsp3) is 0.933. The molecule has 0 radical (unpaired) electrons. The summed E-state index contributed by atoms with van der Waals surface area (Å²) in [6.45, 7) is 11.3. The van der Waals surface area contributed by atoms with Gasteiger partial charge in [0.25, 0.3) is 0 Å². The standard InChI is InChI=1S/C15H30N2O/c1-5-17(6-2)14(18)9-11-16-13-8-7-10-15(3,4)12-13/h13,16H,5-12H2,1-4H3. The summed E-state index contributed by atoms with van der Waals surface area (Å²) in [6, 6.07) is 0.609. The van der Waals surface area contributed by atoms with Crippen LogP contribution in [0.4, 0.5) is 0 Å². The van der Waals surface area contributed by atoms with Gasteiger partial charge in [-0.05, 0) is 38.5 Å². The Morgan fingerprint density at radius 3 is 2.56 bits per heavy atom. The first-order chi connectivity index (χ1) is 8.48. The molecule has 0 aromatic carbocycles. The van der Waals surface area contributed by atoms with Gasteiger partial charge in [-0.25, -0.2) is 0 Å². The van der Waals surface area contributed by atoms with Gasteiger partial charge in [-0.3, -0.25) is 4.79 Å². The van der Waals surface area contributed by atoms with Gasteiger partial charge < -0.3 is 10.2 Å². The zero-order chi connectivity index (χ0) is 13.6. The highest BCUT2D eigenvalue weighted by atomic mass is 16.2. The number of hydrogen-bond acceptors (Lipinski definition) is 2. The Morgan fingerprint density at radius 2 is 2.00 bits per heavy atom. The van der Waals surface area contributed by atoms with Crippen molar-refractivity contribution in [2.45, 2.75) is 65.8 Å². The van der Waals surface area contributed by atoms with Crippen LogP contribution in [0.3, 0.4) is 0 Å². The Kier molecular flexibility index (Phi) is 6.13. The molecule has 3 nitrogen and oxygen atoms in total. The van der Waals surface area contributed by atoms with E-state index in [9.17, 15) is 4.79 Å². The van der Waals surface area contributed by atoms with Gasteiger partial charge >= 0.3 is 0 Å². The van der Waals surface area contributed by atoms with E-state index in [-0.39, 0.29) is 5.91 Å². The van der Waals surface area contributed by atoms with E-state index in [1.807, 2.05) is 18.7 Å². The molecule has 1 atom stereocenters. The maximum absolute atomic E-state index is 11.9. The topological polar surface area (TPSA) is 32.3 Å². The van der Waals surface area contributed by atoms with E-state index in [2.05, 4.69) is 19.2 Å². The molecule has 0 aromatic heterocycles. The number of nitrogens with zero attached hydrogens (tertiary/aromatic N) is 1. The SMILES string of the molecule is CCN(CC)C(=O)CCNC1CCCC(C)(C)C1. The molecule has 3 heteroatoms. The number of carbonyl (C=O) groups excluding carboxylic acids is 1. The lowest BCUT2D eigenvalue weighted by atomic mass is 9.75. The predicted octanol–water partition coefficient (Wildman–Crippen LogP) is 2.80. The van der Waals surface area contributed by atoms with Crippen LogP contribution in [0.2, 0.25) is 0 Å². The zero-order valence-electron chi connectivity index (χ0n) is 12.6. The summed E-state index contributed by atoms with van der Waals surface area (Å²) >= 11 is 0. The molecule has 18 heavy (non-hydrogen) atoms. The second kappa shape index (κ2) is 7.13. The highest BCUT2D eigenvalue weighted by Crippen LogP contribution is 2.34. The molecule has 0 bridgehead atoms. The molecule has 106 valence electrons. The summed E-state index contributed by atoms with van der Waals surface area (Å²) in [5, 5.41) is 3.56. The van der Waals surface area contributed by atoms with Gasteiger partial charge in [0, 0.05) is 32.1 Å². The molecule has 1 amide bonds. The first kappa shape index (κ1) is 15.5. The van der Waals surface area contributed by atoms with Gasteiger partial charge in [0.15, 0.2) is 0 Å². The van der Waals surface area contributed by atoms with Crippen molar-refractivity contribution in [1.82, 2.24) is 10.2 Å². The van der Waals surface area contributed by atoms with Gasteiger partial charge in [0.2, 0.25) is 5.91 Å². The van der Waals surface area contributed by atoms with Gasteiger partial charge in [-0.2, -0.15) is 0 Å².